The van der Waals surface area contributed by atoms with Crippen LogP contribution in [0.3, 0.4) is 0 Å². The van der Waals surface area contributed by atoms with Crippen LogP contribution >= 0.6 is 0 Å². The van der Waals surface area contributed by atoms with E-state index >= 15 is 0 Å². The van der Waals surface area contributed by atoms with Crippen molar-refractivity contribution in [2.75, 3.05) is 13.2 Å². The average molecular weight is 691 g/mol. The third kappa shape index (κ3) is 39.3. The molecule has 0 aromatic heterocycles. The Balaban J connectivity index is 3.42. The molecule has 0 rings (SSSR count). The third-order valence-corrected chi connectivity index (χ3v) is 10.1. The molecule has 0 aliphatic heterocycles. The minimum atomic E-state index is -0.436. The van der Waals surface area contributed by atoms with Gasteiger partial charge in [-0.1, -0.05) is 232 Å². The molecule has 4 nitrogen and oxygen atoms in total. The average Bonchev–Trinajstić information content (AvgIpc) is 3.10. The van der Waals surface area contributed by atoms with Gasteiger partial charge in [0.05, 0.1) is 13.2 Å². The Hall–Kier alpha value is -1.32. The maximum atomic E-state index is 12.2. The molecular formula is C45H86O4. The van der Waals surface area contributed by atoms with Crippen LogP contribution in [0.5, 0.6) is 0 Å². The quantitative estimate of drug-likeness (QED) is 0.0365. The number of carbonyl (C=O) groups excluding carboxylic acids is 2. The van der Waals surface area contributed by atoms with Gasteiger partial charge in [-0.25, -0.2) is 9.59 Å². The third-order valence-electron chi connectivity index (χ3n) is 10.1. The van der Waals surface area contributed by atoms with Crippen LogP contribution in [0.15, 0.2) is 11.6 Å². The van der Waals surface area contributed by atoms with Crippen molar-refractivity contribution in [3.05, 3.63) is 11.6 Å². The summed E-state index contributed by atoms with van der Waals surface area (Å²) in [6.07, 6.45) is 49.5. The fourth-order valence-electron chi connectivity index (χ4n) is 6.74. The van der Waals surface area contributed by atoms with E-state index in [2.05, 4.69) is 13.8 Å². The highest BCUT2D eigenvalue weighted by Crippen LogP contribution is 2.16. The predicted octanol–water partition coefficient (Wildman–Crippen LogP) is 15.1. The van der Waals surface area contributed by atoms with Gasteiger partial charge >= 0.3 is 11.9 Å². The second kappa shape index (κ2) is 41.1. The largest absolute Gasteiger partial charge is 0.463 e. The molecule has 0 radical (unpaired) electrons. The minimum absolute atomic E-state index is 0.324. The van der Waals surface area contributed by atoms with E-state index in [0.29, 0.717) is 18.8 Å². The Bertz CT molecular complexity index is 715. The molecule has 0 aliphatic carbocycles. The summed E-state index contributed by atoms with van der Waals surface area (Å²) in [5, 5.41) is 0. The highest BCUT2D eigenvalue weighted by Gasteiger charge is 2.09. The number of carbonyl (C=O) groups is 2. The van der Waals surface area contributed by atoms with E-state index < -0.39 is 11.9 Å². The van der Waals surface area contributed by atoms with Gasteiger partial charge in [0.1, 0.15) is 0 Å². The molecule has 0 heterocycles. The number of rotatable bonds is 40. The highest BCUT2D eigenvalue weighted by atomic mass is 16.5. The summed E-state index contributed by atoms with van der Waals surface area (Å²) in [7, 11) is 0. The van der Waals surface area contributed by atoms with E-state index in [1.54, 1.807) is 6.92 Å². The van der Waals surface area contributed by atoms with Crippen molar-refractivity contribution >= 4 is 11.9 Å². The first-order valence-corrected chi connectivity index (χ1v) is 22.1. The monoisotopic (exact) mass is 691 g/mol. The molecule has 0 saturated carbocycles. The maximum absolute atomic E-state index is 12.2. The first-order chi connectivity index (χ1) is 24.1. The van der Waals surface area contributed by atoms with Crippen LogP contribution in [0.4, 0.5) is 0 Å². The Morgan fingerprint density at radius 1 is 0.347 bits per heavy atom. The van der Waals surface area contributed by atoms with Crippen LogP contribution in [0.25, 0.3) is 0 Å². The summed E-state index contributed by atoms with van der Waals surface area (Å²) in [6, 6.07) is 0. The molecule has 0 unspecified atom stereocenters. The molecule has 0 bridgehead atoms. The van der Waals surface area contributed by atoms with Crippen molar-refractivity contribution in [1.82, 2.24) is 0 Å². The topological polar surface area (TPSA) is 52.6 Å². The lowest BCUT2D eigenvalue weighted by Crippen LogP contribution is -2.10. The molecule has 0 amide bonds. The van der Waals surface area contributed by atoms with Crippen LogP contribution in [0.2, 0.25) is 0 Å². The second-order valence-electron chi connectivity index (χ2n) is 15.2. The second-order valence-corrected chi connectivity index (χ2v) is 15.2. The van der Waals surface area contributed by atoms with E-state index in [-0.39, 0.29) is 0 Å². The van der Waals surface area contributed by atoms with Crippen molar-refractivity contribution in [2.24, 2.45) is 0 Å². The molecule has 0 aromatic rings. The molecule has 4 heteroatoms. The lowest BCUT2D eigenvalue weighted by Gasteiger charge is -2.06. The summed E-state index contributed by atoms with van der Waals surface area (Å²) in [6.45, 7) is 7.06. The number of hydrogen-bond donors (Lipinski definition) is 0. The lowest BCUT2D eigenvalue weighted by atomic mass is 10.0. The van der Waals surface area contributed by atoms with E-state index in [4.69, 9.17) is 9.47 Å². The van der Waals surface area contributed by atoms with Crippen molar-refractivity contribution in [2.45, 2.75) is 252 Å². The van der Waals surface area contributed by atoms with Gasteiger partial charge in [0, 0.05) is 11.6 Å². The zero-order valence-corrected chi connectivity index (χ0v) is 33.6. The van der Waals surface area contributed by atoms with E-state index in [1.807, 2.05) is 0 Å². The van der Waals surface area contributed by atoms with Gasteiger partial charge in [-0.2, -0.15) is 0 Å². The molecule has 0 saturated heterocycles. The van der Waals surface area contributed by atoms with Gasteiger partial charge < -0.3 is 9.47 Å². The van der Waals surface area contributed by atoms with E-state index in [0.717, 1.165) is 25.7 Å². The fraction of sp³-hybridized carbons (Fsp3) is 0.911. The zero-order chi connectivity index (χ0) is 35.7. The van der Waals surface area contributed by atoms with Crippen molar-refractivity contribution < 1.29 is 19.1 Å². The van der Waals surface area contributed by atoms with Crippen molar-refractivity contribution in [3.8, 4) is 0 Å². The van der Waals surface area contributed by atoms with Crippen molar-refractivity contribution in [1.29, 1.82) is 0 Å². The van der Waals surface area contributed by atoms with Gasteiger partial charge in [0.25, 0.3) is 0 Å². The van der Waals surface area contributed by atoms with Crippen LogP contribution in [-0.2, 0) is 19.1 Å². The zero-order valence-electron chi connectivity index (χ0n) is 33.6. The summed E-state index contributed by atoms with van der Waals surface area (Å²) >= 11 is 0. The molecule has 0 atom stereocenters. The molecule has 0 fully saturated rings. The fourth-order valence-corrected chi connectivity index (χ4v) is 6.74. The Morgan fingerprint density at radius 2 is 0.571 bits per heavy atom. The normalized spacial score (nSPS) is 11.7. The molecular weight excluding hydrogens is 604 g/mol. The number of esters is 2. The van der Waals surface area contributed by atoms with Gasteiger partial charge in [-0.15, -0.1) is 0 Å². The summed E-state index contributed by atoms with van der Waals surface area (Å²) in [5.74, 6) is -0.841. The first kappa shape index (κ1) is 47.7. The van der Waals surface area contributed by atoms with Gasteiger partial charge in [-0.05, 0) is 19.8 Å². The SMILES string of the molecule is CCCCCCCCCCCCCCCCCCCCOC(=O)/C=C(/C)C(=O)OCCCCCCCCCCCCCCCCCCCC. The molecule has 0 N–H and O–H groups in total. The smallest absolute Gasteiger partial charge is 0.333 e. The molecule has 0 aromatic carbocycles. The van der Waals surface area contributed by atoms with Crippen LogP contribution in [-0.4, -0.2) is 25.2 Å². The predicted molar refractivity (Wildman–Crippen MR) is 213 cm³/mol. The Kier molecular flexibility index (Phi) is 40.0. The summed E-state index contributed by atoms with van der Waals surface area (Å²) in [4.78, 5) is 24.3. The summed E-state index contributed by atoms with van der Waals surface area (Å²) < 4.78 is 10.7. The van der Waals surface area contributed by atoms with Gasteiger partial charge in [0.15, 0.2) is 0 Å². The van der Waals surface area contributed by atoms with Crippen molar-refractivity contribution in [3.63, 3.8) is 0 Å². The Labute approximate surface area is 307 Å². The van der Waals surface area contributed by atoms with Gasteiger partial charge in [0.2, 0.25) is 0 Å². The first-order valence-electron chi connectivity index (χ1n) is 22.1. The number of ether oxygens (including phenoxy) is 2. The molecule has 290 valence electrons. The number of hydrogen-bond acceptors (Lipinski definition) is 4. The minimum Gasteiger partial charge on any atom is -0.463 e. The van der Waals surface area contributed by atoms with Gasteiger partial charge in [-0.3, -0.25) is 0 Å². The number of unbranched alkanes of at least 4 members (excludes halogenated alkanes) is 34. The molecule has 49 heavy (non-hydrogen) atoms. The maximum Gasteiger partial charge on any atom is 0.333 e. The molecule has 0 aliphatic rings. The highest BCUT2D eigenvalue weighted by molar-refractivity contribution is 5.95. The van der Waals surface area contributed by atoms with Crippen LogP contribution in [0.1, 0.15) is 252 Å². The lowest BCUT2D eigenvalue weighted by molar-refractivity contribution is -0.141. The van der Waals surface area contributed by atoms with E-state index in [9.17, 15) is 9.59 Å². The standard InChI is InChI=1S/C45H86O4/c1-4-6-8-10-12-14-16-18-20-22-24-26-28-30-32-34-36-38-40-48-44(46)42-43(3)45(47)49-41-39-37-35-33-31-29-27-25-23-21-19-17-15-13-11-9-7-5-2/h42H,4-41H2,1-3H3/b43-42-. The van der Waals surface area contributed by atoms with E-state index in [1.165, 1.54) is 212 Å². The summed E-state index contributed by atoms with van der Waals surface area (Å²) in [5.41, 5.74) is 0.324. The van der Waals surface area contributed by atoms with Crippen LogP contribution < -0.4 is 0 Å². The Morgan fingerprint density at radius 3 is 0.837 bits per heavy atom. The molecule has 0 spiro atoms. The van der Waals surface area contributed by atoms with Crippen LogP contribution in [0, 0.1) is 0 Å².